The zero-order valence-corrected chi connectivity index (χ0v) is 15.4. The van der Waals surface area contributed by atoms with Gasteiger partial charge in [0, 0.05) is 5.56 Å². The largest absolute Gasteiger partial charge is 0.457 e. The highest BCUT2D eigenvalue weighted by molar-refractivity contribution is 6.04. The predicted octanol–water partition coefficient (Wildman–Crippen LogP) is 4.15. The molecule has 0 unspecified atom stereocenters. The molecule has 8 heteroatoms. The van der Waals surface area contributed by atoms with Gasteiger partial charge in [0.05, 0.1) is 11.4 Å². The highest BCUT2D eigenvalue weighted by atomic mass is 19.1. The third-order valence-corrected chi connectivity index (χ3v) is 4.16. The Labute approximate surface area is 165 Å². The summed E-state index contributed by atoms with van der Waals surface area (Å²) < 4.78 is 21.4. The maximum atomic E-state index is 14.2. The van der Waals surface area contributed by atoms with Crippen LogP contribution in [0.3, 0.4) is 0 Å². The monoisotopic (exact) mass is 389 g/mol. The summed E-state index contributed by atoms with van der Waals surface area (Å²) in [4.78, 5) is 12.5. The van der Waals surface area contributed by atoms with Gasteiger partial charge >= 0.3 is 0 Å². The molecular weight excluding hydrogens is 373 g/mol. The number of ether oxygens (including phenoxy) is 1. The van der Waals surface area contributed by atoms with Crippen LogP contribution in [0.4, 0.5) is 10.1 Å². The highest BCUT2D eigenvalue weighted by Gasteiger charge is 2.12. The van der Waals surface area contributed by atoms with Gasteiger partial charge < -0.3 is 10.1 Å². The van der Waals surface area contributed by atoms with Crippen molar-refractivity contribution in [1.29, 1.82) is 0 Å². The molecular formula is C21H16FN5O2. The number of benzene rings is 3. The molecule has 7 nitrogen and oxygen atoms in total. The molecule has 1 amide bonds. The van der Waals surface area contributed by atoms with Gasteiger partial charge in [0.2, 0.25) is 0 Å². The molecule has 144 valence electrons. The van der Waals surface area contributed by atoms with Gasteiger partial charge in [0.1, 0.15) is 17.3 Å². The average Bonchev–Trinajstić information content (AvgIpc) is 3.17. The number of nitrogens with zero attached hydrogens (tertiary/aromatic N) is 4. The van der Waals surface area contributed by atoms with Crippen LogP contribution >= 0.6 is 0 Å². The topological polar surface area (TPSA) is 81.9 Å². The summed E-state index contributed by atoms with van der Waals surface area (Å²) in [6, 6.07) is 20.2. The molecule has 29 heavy (non-hydrogen) atoms. The lowest BCUT2D eigenvalue weighted by Gasteiger charge is -2.10. The van der Waals surface area contributed by atoms with E-state index in [2.05, 4.69) is 20.8 Å². The molecule has 0 saturated heterocycles. The van der Waals surface area contributed by atoms with Crippen LogP contribution in [0.25, 0.3) is 5.69 Å². The van der Waals surface area contributed by atoms with Crippen molar-refractivity contribution in [2.24, 2.45) is 0 Å². The summed E-state index contributed by atoms with van der Waals surface area (Å²) in [5.74, 6) is 0.831. The molecule has 1 N–H and O–H groups in total. The number of hydrogen-bond acceptors (Lipinski definition) is 5. The van der Waals surface area contributed by atoms with E-state index in [4.69, 9.17) is 4.74 Å². The fraction of sp³-hybridized carbons (Fsp3) is 0.0476. The van der Waals surface area contributed by atoms with Gasteiger partial charge in [-0.25, -0.2) is 4.39 Å². The fourth-order valence-electron chi connectivity index (χ4n) is 2.70. The Hall–Kier alpha value is -4.07. The molecule has 0 radical (unpaired) electrons. The molecule has 0 saturated carbocycles. The normalized spacial score (nSPS) is 10.6. The first-order valence-electron chi connectivity index (χ1n) is 8.79. The lowest BCUT2D eigenvalue weighted by atomic mass is 10.2. The second-order valence-corrected chi connectivity index (χ2v) is 6.20. The maximum Gasteiger partial charge on any atom is 0.255 e. The van der Waals surface area contributed by atoms with Gasteiger partial charge in [-0.05, 0) is 71.9 Å². The Morgan fingerprint density at radius 2 is 1.72 bits per heavy atom. The third-order valence-electron chi connectivity index (χ3n) is 4.16. The Kier molecular flexibility index (Phi) is 4.98. The van der Waals surface area contributed by atoms with Crippen LogP contribution in [0.1, 0.15) is 16.2 Å². The Balaban J connectivity index is 1.50. The first kappa shape index (κ1) is 18.3. The quantitative estimate of drug-likeness (QED) is 0.554. The van der Waals surface area contributed by atoms with Gasteiger partial charge in [-0.1, -0.05) is 18.2 Å². The second-order valence-electron chi connectivity index (χ2n) is 6.20. The summed E-state index contributed by atoms with van der Waals surface area (Å²) in [7, 11) is 0. The molecule has 1 aromatic heterocycles. The van der Waals surface area contributed by atoms with Gasteiger partial charge in [-0.15, -0.1) is 5.10 Å². The van der Waals surface area contributed by atoms with Crippen molar-refractivity contribution in [2.45, 2.75) is 6.92 Å². The molecule has 4 rings (SSSR count). The SMILES string of the molecule is Cc1nnnn1-c1ccc(F)c(NC(=O)c2ccc(Oc3ccccc3)cc2)c1. The average molecular weight is 389 g/mol. The van der Waals surface area contributed by atoms with Gasteiger partial charge in [0.15, 0.2) is 5.82 Å². The minimum absolute atomic E-state index is 0.0343. The number of tetrazole rings is 1. The summed E-state index contributed by atoms with van der Waals surface area (Å²) in [5.41, 5.74) is 0.941. The molecule has 1 heterocycles. The molecule has 0 fully saturated rings. The van der Waals surface area contributed by atoms with Crippen LogP contribution in [0.15, 0.2) is 72.8 Å². The van der Waals surface area contributed by atoms with E-state index in [9.17, 15) is 9.18 Å². The Morgan fingerprint density at radius 3 is 2.41 bits per heavy atom. The molecule has 0 bridgehead atoms. The second kappa shape index (κ2) is 7.89. The van der Waals surface area contributed by atoms with Gasteiger partial charge in [-0.2, -0.15) is 4.68 Å². The summed E-state index contributed by atoms with van der Waals surface area (Å²) >= 11 is 0. The first-order chi connectivity index (χ1) is 14.1. The predicted molar refractivity (Wildman–Crippen MR) is 105 cm³/mol. The standard InChI is InChI=1S/C21H16FN5O2/c1-14-24-25-26-27(14)16-9-12-19(22)20(13-16)23-21(28)15-7-10-18(11-8-15)29-17-5-3-2-4-6-17/h2-13H,1H3,(H,23,28). The van der Waals surface area contributed by atoms with Crippen molar-refractivity contribution in [3.63, 3.8) is 0 Å². The van der Waals surface area contributed by atoms with E-state index in [0.717, 1.165) is 0 Å². The maximum absolute atomic E-state index is 14.2. The van der Waals surface area contributed by atoms with Crippen LogP contribution in [0.2, 0.25) is 0 Å². The molecule has 0 atom stereocenters. The summed E-state index contributed by atoms with van der Waals surface area (Å²) in [6.45, 7) is 1.72. The number of aromatic nitrogens is 4. The van der Waals surface area contributed by atoms with Crippen LogP contribution in [-0.4, -0.2) is 26.1 Å². The Morgan fingerprint density at radius 1 is 1.00 bits per heavy atom. The van der Waals surface area contributed by atoms with Crippen molar-refractivity contribution in [2.75, 3.05) is 5.32 Å². The summed E-state index contributed by atoms with van der Waals surface area (Å²) in [6.07, 6.45) is 0. The molecule has 3 aromatic carbocycles. The number of anilines is 1. The number of hydrogen-bond donors (Lipinski definition) is 1. The van der Waals surface area contributed by atoms with Crippen molar-refractivity contribution in [1.82, 2.24) is 20.2 Å². The van der Waals surface area contributed by atoms with Gasteiger partial charge in [-0.3, -0.25) is 4.79 Å². The molecule has 0 aliphatic carbocycles. The van der Waals surface area contributed by atoms with Gasteiger partial charge in [0.25, 0.3) is 5.91 Å². The van der Waals surface area contributed by atoms with Crippen molar-refractivity contribution >= 4 is 11.6 Å². The van der Waals surface area contributed by atoms with E-state index in [1.165, 1.54) is 22.9 Å². The third kappa shape index (κ3) is 4.11. The molecule has 0 aliphatic rings. The van der Waals surface area contributed by atoms with Crippen LogP contribution < -0.4 is 10.1 Å². The number of halogens is 1. The van der Waals surface area contributed by atoms with Crippen LogP contribution in [0, 0.1) is 12.7 Å². The zero-order valence-electron chi connectivity index (χ0n) is 15.4. The van der Waals surface area contributed by atoms with E-state index >= 15 is 0 Å². The molecule has 0 spiro atoms. The first-order valence-corrected chi connectivity index (χ1v) is 8.79. The number of amides is 1. The minimum atomic E-state index is -0.558. The lowest BCUT2D eigenvalue weighted by Crippen LogP contribution is -2.13. The fourth-order valence-corrected chi connectivity index (χ4v) is 2.70. The Bertz CT molecular complexity index is 1140. The summed E-state index contributed by atoms with van der Waals surface area (Å²) in [5, 5.41) is 13.8. The van der Waals surface area contributed by atoms with E-state index in [1.807, 2.05) is 30.3 Å². The highest BCUT2D eigenvalue weighted by Crippen LogP contribution is 2.23. The number of aryl methyl sites for hydroxylation is 1. The van der Waals surface area contributed by atoms with E-state index in [-0.39, 0.29) is 5.69 Å². The number of rotatable bonds is 5. The lowest BCUT2D eigenvalue weighted by molar-refractivity contribution is 0.102. The van der Waals surface area contributed by atoms with Crippen LogP contribution in [-0.2, 0) is 0 Å². The molecule has 0 aliphatic heterocycles. The van der Waals surface area contributed by atoms with E-state index < -0.39 is 11.7 Å². The number of carbonyl (C=O) groups is 1. The van der Waals surface area contributed by atoms with E-state index in [1.54, 1.807) is 31.2 Å². The van der Waals surface area contributed by atoms with Crippen molar-refractivity contribution in [3.05, 3.63) is 90.0 Å². The number of carbonyl (C=O) groups excluding carboxylic acids is 1. The zero-order chi connectivity index (χ0) is 20.2. The van der Waals surface area contributed by atoms with E-state index in [0.29, 0.717) is 28.6 Å². The van der Waals surface area contributed by atoms with Crippen molar-refractivity contribution < 1.29 is 13.9 Å². The van der Waals surface area contributed by atoms with Crippen molar-refractivity contribution in [3.8, 4) is 17.2 Å². The minimum Gasteiger partial charge on any atom is -0.457 e. The molecule has 4 aromatic rings. The van der Waals surface area contributed by atoms with Crippen LogP contribution in [0.5, 0.6) is 11.5 Å². The smallest absolute Gasteiger partial charge is 0.255 e. The number of para-hydroxylation sites is 1. The number of nitrogens with one attached hydrogen (secondary N) is 1.